The quantitative estimate of drug-likeness (QED) is 0.166. The van der Waals surface area contributed by atoms with Crippen molar-refractivity contribution in [3.63, 3.8) is 0 Å². The lowest BCUT2D eigenvalue weighted by molar-refractivity contribution is 0.594. The Bertz CT molecular complexity index is 2040. The second kappa shape index (κ2) is 11.8. The van der Waals surface area contributed by atoms with Gasteiger partial charge in [0.05, 0.1) is 22.9 Å². The lowest BCUT2D eigenvalue weighted by atomic mass is 9.99. The third-order valence-corrected chi connectivity index (χ3v) is 11.1. The minimum atomic E-state index is -3.43. The monoisotopic (exact) mass is 644 g/mol. The second-order valence-electron chi connectivity index (χ2n) is 12.7. The van der Waals surface area contributed by atoms with Crippen molar-refractivity contribution in [3.05, 3.63) is 143 Å². The number of nitrogens with zero attached hydrogens (tertiary/aromatic N) is 2. The van der Waals surface area contributed by atoms with Crippen molar-refractivity contribution >= 4 is 9.84 Å². The van der Waals surface area contributed by atoms with Gasteiger partial charge in [-0.05, 0) is 120 Å². The van der Waals surface area contributed by atoms with Gasteiger partial charge in [-0.2, -0.15) is 0 Å². The number of halogens is 2. The highest BCUT2D eigenvalue weighted by Gasteiger charge is 2.23. The molecule has 0 unspecified atom stereocenters. The molecule has 2 aliphatic rings. The smallest absolute Gasteiger partial charge is 0.158 e. The zero-order valence-electron chi connectivity index (χ0n) is 25.9. The highest BCUT2D eigenvalue weighted by molar-refractivity contribution is 7.89. The molecule has 0 saturated carbocycles. The summed E-state index contributed by atoms with van der Waals surface area (Å²) in [5, 5.41) is 0. The molecule has 47 heavy (non-hydrogen) atoms. The molecule has 2 aliphatic heterocycles. The number of benzene rings is 4. The van der Waals surface area contributed by atoms with E-state index in [1.54, 1.807) is 0 Å². The second-order valence-corrected chi connectivity index (χ2v) is 14.8. The molecular formula is C40H34F2N2O2S. The number of aryl methyl sites for hydroxylation is 2. The molecule has 4 aromatic carbocycles. The normalized spacial score (nSPS) is 14.0. The molecule has 2 aromatic heterocycles. The van der Waals surface area contributed by atoms with E-state index < -0.39 is 9.84 Å². The number of sulfone groups is 1. The van der Waals surface area contributed by atoms with Crippen LogP contribution in [0, 0.1) is 11.6 Å². The minimum Gasteiger partial charge on any atom is -0.344 e. The molecule has 0 radical (unpaired) electrons. The molecule has 0 bridgehead atoms. The van der Waals surface area contributed by atoms with Crippen molar-refractivity contribution in [3.8, 4) is 44.8 Å². The number of hydrogen-bond donors (Lipinski definition) is 0. The Balaban J connectivity index is 1.00. The predicted octanol–water partition coefficient (Wildman–Crippen LogP) is 9.24. The first-order valence-electron chi connectivity index (χ1n) is 16.2. The van der Waals surface area contributed by atoms with Crippen molar-refractivity contribution in [2.45, 2.75) is 50.3 Å². The van der Waals surface area contributed by atoms with Crippen molar-refractivity contribution in [2.24, 2.45) is 0 Å². The predicted molar refractivity (Wildman–Crippen MR) is 183 cm³/mol. The Morgan fingerprint density at radius 2 is 0.872 bits per heavy atom. The first-order chi connectivity index (χ1) is 22.8. The van der Waals surface area contributed by atoms with Crippen molar-refractivity contribution in [2.75, 3.05) is 0 Å². The van der Waals surface area contributed by atoms with Crippen LogP contribution >= 0.6 is 0 Å². The maximum Gasteiger partial charge on any atom is 0.158 e. The maximum atomic E-state index is 13.7. The Morgan fingerprint density at radius 1 is 0.511 bits per heavy atom. The molecule has 0 N–H and O–H groups in total. The van der Waals surface area contributed by atoms with Gasteiger partial charge < -0.3 is 9.13 Å². The SMILES string of the molecule is O=S(=O)(Cc1ccc(-c2cc3n(c2-c2ccc(F)cc2)CCC3)cc1)Cc1ccc(-c2cc3n(c2-c2ccc(F)cc2)CCC3)cc1. The highest BCUT2D eigenvalue weighted by Crippen LogP contribution is 2.40. The zero-order valence-corrected chi connectivity index (χ0v) is 26.7. The molecule has 6 aromatic rings. The molecule has 8 rings (SSSR count). The van der Waals surface area contributed by atoms with Gasteiger partial charge in [0.25, 0.3) is 0 Å². The summed E-state index contributed by atoms with van der Waals surface area (Å²) in [4.78, 5) is 0. The number of rotatable bonds is 8. The van der Waals surface area contributed by atoms with Gasteiger partial charge >= 0.3 is 0 Å². The van der Waals surface area contributed by atoms with Gasteiger partial charge in [-0.25, -0.2) is 17.2 Å². The first-order valence-corrected chi connectivity index (χ1v) is 18.0. The third kappa shape index (κ3) is 5.74. The summed E-state index contributed by atoms with van der Waals surface area (Å²) in [5.74, 6) is -0.615. The Kier molecular flexibility index (Phi) is 7.44. The molecule has 236 valence electrons. The van der Waals surface area contributed by atoms with Gasteiger partial charge in [0.15, 0.2) is 9.84 Å². The average molecular weight is 645 g/mol. The third-order valence-electron chi connectivity index (χ3n) is 9.53. The molecule has 0 spiro atoms. The zero-order chi connectivity index (χ0) is 32.1. The van der Waals surface area contributed by atoms with Crippen LogP contribution in [0.4, 0.5) is 8.78 Å². The van der Waals surface area contributed by atoms with Crippen LogP contribution in [0.15, 0.2) is 109 Å². The van der Waals surface area contributed by atoms with Crippen molar-refractivity contribution in [1.82, 2.24) is 9.13 Å². The fourth-order valence-corrected chi connectivity index (χ4v) is 8.87. The van der Waals surface area contributed by atoms with E-state index in [2.05, 4.69) is 21.3 Å². The summed E-state index contributed by atoms with van der Waals surface area (Å²) in [7, 11) is -3.43. The average Bonchev–Trinajstić information content (AvgIpc) is 3.84. The van der Waals surface area contributed by atoms with Crippen LogP contribution in [0.5, 0.6) is 0 Å². The summed E-state index contributed by atoms with van der Waals surface area (Å²) in [6, 6.07) is 33.3. The number of aromatic nitrogens is 2. The molecule has 0 aliphatic carbocycles. The minimum absolute atomic E-state index is 0.0486. The highest BCUT2D eigenvalue weighted by atomic mass is 32.2. The summed E-state index contributed by atoms with van der Waals surface area (Å²) in [6.07, 6.45) is 4.20. The number of hydrogen-bond acceptors (Lipinski definition) is 2. The molecule has 0 atom stereocenters. The Morgan fingerprint density at radius 3 is 1.26 bits per heavy atom. The van der Waals surface area contributed by atoms with E-state index >= 15 is 0 Å². The topological polar surface area (TPSA) is 44.0 Å². The van der Waals surface area contributed by atoms with Gasteiger partial charge in [-0.1, -0.05) is 48.5 Å². The van der Waals surface area contributed by atoms with E-state index in [-0.39, 0.29) is 23.1 Å². The van der Waals surface area contributed by atoms with Crippen LogP contribution in [0.25, 0.3) is 44.8 Å². The largest absolute Gasteiger partial charge is 0.344 e. The van der Waals surface area contributed by atoms with Crippen molar-refractivity contribution in [1.29, 1.82) is 0 Å². The van der Waals surface area contributed by atoms with E-state index in [1.807, 2.05) is 72.8 Å². The molecule has 0 saturated heterocycles. The Hall–Kier alpha value is -4.75. The van der Waals surface area contributed by atoms with Crippen molar-refractivity contribution < 1.29 is 17.2 Å². The van der Waals surface area contributed by atoms with E-state index in [0.717, 1.165) is 94.7 Å². The maximum absolute atomic E-state index is 13.7. The fraction of sp³-hybridized carbons (Fsp3) is 0.200. The van der Waals surface area contributed by atoms with E-state index in [4.69, 9.17) is 0 Å². The summed E-state index contributed by atoms with van der Waals surface area (Å²) >= 11 is 0. The van der Waals surface area contributed by atoms with Crippen LogP contribution < -0.4 is 0 Å². The lowest BCUT2D eigenvalue weighted by Gasteiger charge is -2.12. The van der Waals surface area contributed by atoms with Gasteiger partial charge in [-0.3, -0.25) is 0 Å². The summed E-state index contributed by atoms with van der Waals surface area (Å²) < 4.78 is 58.7. The van der Waals surface area contributed by atoms with Crippen LogP contribution in [0.2, 0.25) is 0 Å². The first kappa shape index (κ1) is 29.6. The van der Waals surface area contributed by atoms with Crippen LogP contribution in [0.1, 0.15) is 35.4 Å². The Labute approximate surface area is 273 Å². The van der Waals surface area contributed by atoms with Gasteiger partial charge in [0, 0.05) is 35.6 Å². The molecular weight excluding hydrogens is 611 g/mol. The lowest BCUT2D eigenvalue weighted by Crippen LogP contribution is -2.07. The van der Waals surface area contributed by atoms with Crippen LogP contribution in [-0.2, 0) is 47.3 Å². The van der Waals surface area contributed by atoms with E-state index in [1.165, 1.54) is 35.7 Å². The van der Waals surface area contributed by atoms with Crippen LogP contribution in [-0.4, -0.2) is 17.6 Å². The van der Waals surface area contributed by atoms with Gasteiger partial charge in [0.1, 0.15) is 11.6 Å². The molecule has 4 nitrogen and oxygen atoms in total. The van der Waals surface area contributed by atoms with E-state index in [9.17, 15) is 17.2 Å². The number of fused-ring (bicyclic) bond motifs is 2. The van der Waals surface area contributed by atoms with Crippen LogP contribution in [0.3, 0.4) is 0 Å². The van der Waals surface area contributed by atoms with Gasteiger partial charge in [-0.15, -0.1) is 0 Å². The molecule has 4 heterocycles. The molecule has 0 amide bonds. The summed E-state index contributed by atoms with van der Waals surface area (Å²) in [5.41, 5.74) is 12.3. The van der Waals surface area contributed by atoms with E-state index in [0.29, 0.717) is 0 Å². The fourth-order valence-electron chi connectivity index (χ4n) is 7.36. The standard InChI is InChI=1S/C40H34F2N2O2S/c41-33-17-13-31(14-18-33)39-37(23-35-3-1-21-43(35)39)29-9-5-27(6-10-29)25-47(45,46)26-28-7-11-30(12-8-28)38-24-36-4-2-22-44(36)40(38)32-15-19-34(42)20-16-32/h5-20,23-24H,1-4,21-22,25-26H2. The summed E-state index contributed by atoms with van der Waals surface area (Å²) in [6.45, 7) is 1.87. The van der Waals surface area contributed by atoms with Gasteiger partial charge in [0.2, 0.25) is 0 Å². The molecule has 7 heteroatoms. The molecule has 0 fully saturated rings.